The number of hydrogen-bond acceptors (Lipinski definition) is 5. The van der Waals surface area contributed by atoms with E-state index in [1.165, 1.54) is 7.11 Å². The molecule has 0 bridgehead atoms. The SMILES string of the molecule is COC(=O)C(NC(=O)C1(NC(=O)OCc2ccccc2)CCCCC1)C(C)C. The van der Waals surface area contributed by atoms with Crippen LogP contribution in [0.3, 0.4) is 0 Å². The summed E-state index contributed by atoms with van der Waals surface area (Å²) < 4.78 is 10.1. The first-order valence-electron chi connectivity index (χ1n) is 9.75. The van der Waals surface area contributed by atoms with Gasteiger partial charge < -0.3 is 20.1 Å². The highest BCUT2D eigenvalue weighted by Crippen LogP contribution is 2.29. The maximum Gasteiger partial charge on any atom is 0.408 e. The fourth-order valence-corrected chi connectivity index (χ4v) is 3.42. The van der Waals surface area contributed by atoms with Gasteiger partial charge in [-0.3, -0.25) is 4.79 Å². The van der Waals surface area contributed by atoms with Gasteiger partial charge in [0.25, 0.3) is 0 Å². The minimum Gasteiger partial charge on any atom is -0.467 e. The van der Waals surface area contributed by atoms with Gasteiger partial charge in [0.1, 0.15) is 18.2 Å². The molecule has 1 aliphatic carbocycles. The summed E-state index contributed by atoms with van der Waals surface area (Å²) >= 11 is 0. The maximum absolute atomic E-state index is 13.1. The van der Waals surface area contributed by atoms with Crippen LogP contribution >= 0.6 is 0 Å². The van der Waals surface area contributed by atoms with Crippen LogP contribution in [0, 0.1) is 5.92 Å². The molecule has 154 valence electrons. The Bertz CT molecular complexity index is 669. The Morgan fingerprint density at radius 2 is 1.71 bits per heavy atom. The Hall–Kier alpha value is -2.57. The van der Waals surface area contributed by atoms with Crippen molar-refractivity contribution in [3.8, 4) is 0 Å². The molecule has 28 heavy (non-hydrogen) atoms. The second-order valence-corrected chi connectivity index (χ2v) is 7.55. The topological polar surface area (TPSA) is 93.7 Å². The van der Waals surface area contributed by atoms with Gasteiger partial charge in [-0.1, -0.05) is 63.4 Å². The predicted octanol–water partition coefficient (Wildman–Crippen LogP) is 2.93. The van der Waals surface area contributed by atoms with Crippen molar-refractivity contribution in [2.45, 2.75) is 64.1 Å². The van der Waals surface area contributed by atoms with E-state index in [4.69, 9.17) is 9.47 Å². The highest BCUT2D eigenvalue weighted by molar-refractivity contribution is 5.93. The van der Waals surface area contributed by atoms with Gasteiger partial charge in [0, 0.05) is 0 Å². The van der Waals surface area contributed by atoms with E-state index in [0.717, 1.165) is 24.8 Å². The Balaban J connectivity index is 2.06. The average molecular weight is 390 g/mol. The highest BCUT2D eigenvalue weighted by Gasteiger charge is 2.43. The van der Waals surface area contributed by atoms with Crippen molar-refractivity contribution in [1.82, 2.24) is 10.6 Å². The molecule has 1 aromatic carbocycles. The molecule has 7 nitrogen and oxygen atoms in total. The summed E-state index contributed by atoms with van der Waals surface area (Å²) in [6.07, 6.45) is 3.00. The van der Waals surface area contributed by atoms with Crippen molar-refractivity contribution in [2.75, 3.05) is 7.11 Å². The lowest BCUT2D eigenvalue weighted by Crippen LogP contribution is -2.62. The first-order chi connectivity index (χ1) is 13.4. The van der Waals surface area contributed by atoms with Crippen LogP contribution in [0.1, 0.15) is 51.5 Å². The molecule has 2 N–H and O–H groups in total. The second kappa shape index (κ2) is 10.1. The van der Waals surface area contributed by atoms with Crippen LogP contribution in [0.15, 0.2) is 30.3 Å². The lowest BCUT2D eigenvalue weighted by Gasteiger charge is -2.37. The Morgan fingerprint density at radius 3 is 2.29 bits per heavy atom. The molecule has 1 aromatic rings. The highest BCUT2D eigenvalue weighted by atomic mass is 16.5. The third-order valence-corrected chi connectivity index (χ3v) is 5.10. The molecule has 7 heteroatoms. The van der Waals surface area contributed by atoms with Crippen molar-refractivity contribution in [3.05, 3.63) is 35.9 Å². The monoisotopic (exact) mass is 390 g/mol. The smallest absolute Gasteiger partial charge is 0.408 e. The third-order valence-electron chi connectivity index (χ3n) is 5.10. The number of nitrogens with one attached hydrogen (secondary N) is 2. The molecule has 2 rings (SSSR count). The Morgan fingerprint density at radius 1 is 1.07 bits per heavy atom. The van der Waals surface area contributed by atoms with Gasteiger partial charge in [0.05, 0.1) is 7.11 Å². The third kappa shape index (κ3) is 5.71. The van der Waals surface area contributed by atoms with Crippen LogP contribution < -0.4 is 10.6 Å². The average Bonchev–Trinajstić information content (AvgIpc) is 2.71. The fraction of sp³-hybridized carbons (Fsp3) is 0.571. The van der Waals surface area contributed by atoms with Crippen molar-refractivity contribution in [1.29, 1.82) is 0 Å². The maximum atomic E-state index is 13.1. The summed E-state index contributed by atoms with van der Waals surface area (Å²) in [5.74, 6) is -1.00. The van der Waals surface area contributed by atoms with Crippen LogP contribution in [0.25, 0.3) is 0 Å². The van der Waals surface area contributed by atoms with Crippen LogP contribution in [0.2, 0.25) is 0 Å². The molecule has 1 saturated carbocycles. The van der Waals surface area contributed by atoms with Gasteiger partial charge in [-0.2, -0.15) is 0 Å². The minimum atomic E-state index is -1.08. The summed E-state index contributed by atoms with van der Waals surface area (Å²) in [5, 5.41) is 5.55. The summed E-state index contributed by atoms with van der Waals surface area (Å²) in [6, 6.07) is 8.58. The van der Waals surface area contributed by atoms with Crippen molar-refractivity contribution in [3.63, 3.8) is 0 Å². The molecule has 0 aliphatic heterocycles. The van der Waals surface area contributed by atoms with Gasteiger partial charge in [-0.05, 0) is 24.3 Å². The zero-order valence-corrected chi connectivity index (χ0v) is 16.8. The standard InChI is InChI=1S/C21H30N2O5/c1-15(2)17(18(24)27-3)22-19(25)21(12-8-5-9-13-21)23-20(26)28-14-16-10-6-4-7-11-16/h4,6-7,10-11,15,17H,5,8-9,12-14H2,1-3H3,(H,22,25)(H,23,26). The number of carbonyl (C=O) groups excluding carboxylic acids is 3. The summed E-state index contributed by atoms with van der Waals surface area (Å²) in [5.41, 5.74) is -0.210. The van der Waals surface area contributed by atoms with Crippen molar-refractivity contribution >= 4 is 18.0 Å². The summed E-state index contributed by atoms with van der Waals surface area (Å²) in [4.78, 5) is 37.5. The quantitative estimate of drug-likeness (QED) is 0.698. The number of hydrogen-bond donors (Lipinski definition) is 2. The lowest BCUT2D eigenvalue weighted by molar-refractivity contribution is -0.147. The van der Waals surface area contributed by atoms with Crippen LogP contribution in [0.4, 0.5) is 4.79 Å². The molecule has 0 radical (unpaired) electrons. The van der Waals surface area contributed by atoms with E-state index in [0.29, 0.717) is 12.8 Å². The normalized spacial score (nSPS) is 16.7. The largest absolute Gasteiger partial charge is 0.467 e. The van der Waals surface area contributed by atoms with E-state index < -0.39 is 23.6 Å². The zero-order valence-electron chi connectivity index (χ0n) is 16.8. The van der Waals surface area contributed by atoms with Crippen LogP contribution in [-0.4, -0.2) is 36.7 Å². The number of rotatable bonds is 7. The number of amides is 2. The molecule has 0 spiro atoms. The molecule has 1 fully saturated rings. The van der Waals surface area contributed by atoms with Gasteiger partial charge >= 0.3 is 12.1 Å². The number of esters is 1. The molecular weight excluding hydrogens is 360 g/mol. The van der Waals surface area contributed by atoms with E-state index in [-0.39, 0.29) is 18.4 Å². The fourth-order valence-electron chi connectivity index (χ4n) is 3.42. The molecular formula is C21H30N2O5. The lowest BCUT2D eigenvalue weighted by atomic mass is 9.80. The van der Waals surface area contributed by atoms with Crippen molar-refractivity contribution in [2.24, 2.45) is 5.92 Å². The molecule has 2 amide bonds. The van der Waals surface area contributed by atoms with E-state index in [9.17, 15) is 14.4 Å². The molecule has 1 atom stereocenters. The minimum absolute atomic E-state index is 0.126. The van der Waals surface area contributed by atoms with Gasteiger partial charge in [-0.25, -0.2) is 9.59 Å². The Kier molecular flexibility index (Phi) is 7.84. The number of carbonyl (C=O) groups is 3. The van der Waals surface area contributed by atoms with Crippen LogP contribution in [-0.2, 0) is 25.7 Å². The number of methoxy groups -OCH3 is 1. The predicted molar refractivity (Wildman–Crippen MR) is 104 cm³/mol. The van der Waals surface area contributed by atoms with E-state index in [1.54, 1.807) is 0 Å². The Labute approximate surface area is 166 Å². The molecule has 0 aromatic heterocycles. The molecule has 1 unspecified atom stereocenters. The molecule has 1 aliphatic rings. The van der Waals surface area contributed by atoms with E-state index in [2.05, 4.69) is 10.6 Å². The van der Waals surface area contributed by atoms with Crippen LogP contribution in [0.5, 0.6) is 0 Å². The first-order valence-corrected chi connectivity index (χ1v) is 9.75. The molecule has 0 heterocycles. The molecule has 0 saturated heterocycles. The first kappa shape index (κ1) is 21.7. The van der Waals surface area contributed by atoms with Crippen molar-refractivity contribution < 1.29 is 23.9 Å². The van der Waals surface area contributed by atoms with Gasteiger partial charge in [0.15, 0.2) is 0 Å². The van der Waals surface area contributed by atoms with Gasteiger partial charge in [0.2, 0.25) is 5.91 Å². The zero-order chi connectivity index (χ0) is 20.6. The second-order valence-electron chi connectivity index (χ2n) is 7.55. The summed E-state index contributed by atoms with van der Waals surface area (Å²) in [7, 11) is 1.29. The number of ether oxygens (including phenoxy) is 2. The van der Waals surface area contributed by atoms with E-state index >= 15 is 0 Å². The van der Waals surface area contributed by atoms with Gasteiger partial charge in [-0.15, -0.1) is 0 Å². The number of benzene rings is 1. The summed E-state index contributed by atoms with van der Waals surface area (Å²) in [6.45, 7) is 3.79. The number of alkyl carbamates (subject to hydrolysis) is 1. The van der Waals surface area contributed by atoms with E-state index in [1.807, 2.05) is 44.2 Å².